The third-order valence-corrected chi connectivity index (χ3v) is 5.45. The van der Waals surface area contributed by atoms with E-state index in [9.17, 15) is 13.6 Å². The van der Waals surface area contributed by atoms with Crippen molar-refractivity contribution in [2.75, 3.05) is 26.9 Å². The van der Waals surface area contributed by atoms with Crippen LogP contribution in [0.1, 0.15) is 29.9 Å². The highest BCUT2D eigenvalue weighted by molar-refractivity contribution is 5.79. The van der Waals surface area contributed by atoms with Crippen LogP contribution < -0.4 is 9.47 Å². The zero-order valence-electron chi connectivity index (χ0n) is 16.2. The van der Waals surface area contributed by atoms with Gasteiger partial charge in [-0.2, -0.15) is 0 Å². The second-order valence-corrected chi connectivity index (χ2v) is 7.40. The Balaban J connectivity index is 1.50. The normalized spacial score (nSPS) is 21.6. The Bertz CT molecular complexity index is 898. The average molecular weight is 403 g/mol. The lowest BCUT2D eigenvalue weighted by Crippen LogP contribution is -2.25. The number of methoxy groups -OCH3 is 1. The maximum Gasteiger partial charge on any atom is 0.223 e. The molecule has 7 heteroatoms. The minimum atomic E-state index is -0.904. The van der Waals surface area contributed by atoms with E-state index in [1.165, 1.54) is 12.1 Å². The highest BCUT2D eigenvalue weighted by Gasteiger charge is 2.32. The Morgan fingerprint density at radius 3 is 2.83 bits per heavy atom. The van der Waals surface area contributed by atoms with E-state index in [0.29, 0.717) is 37.7 Å². The lowest BCUT2D eigenvalue weighted by molar-refractivity contribution is -0.128. The smallest absolute Gasteiger partial charge is 0.223 e. The molecular formula is C22H23F2NO4. The van der Waals surface area contributed by atoms with Crippen molar-refractivity contribution < 1.29 is 27.8 Å². The van der Waals surface area contributed by atoms with Gasteiger partial charge in [-0.3, -0.25) is 4.79 Å². The first-order valence-electron chi connectivity index (χ1n) is 9.68. The first-order valence-corrected chi connectivity index (χ1v) is 9.68. The number of amides is 1. The van der Waals surface area contributed by atoms with Crippen molar-refractivity contribution in [3.05, 3.63) is 59.2 Å². The molecule has 2 aromatic rings. The molecule has 0 aliphatic carbocycles. The number of benzene rings is 2. The number of halogens is 2. The number of hydrogen-bond acceptors (Lipinski definition) is 4. The van der Waals surface area contributed by atoms with E-state index in [1.54, 1.807) is 12.0 Å². The van der Waals surface area contributed by atoms with Gasteiger partial charge in [0, 0.05) is 37.4 Å². The first-order chi connectivity index (χ1) is 14.0. The van der Waals surface area contributed by atoms with Gasteiger partial charge in [-0.15, -0.1) is 0 Å². The van der Waals surface area contributed by atoms with E-state index >= 15 is 0 Å². The van der Waals surface area contributed by atoms with Gasteiger partial charge in [-0.25, -0.2) is 8.78 Å². The van der Waals surface area contributed by atoms with Crippen LogP contribution in [0.3, 0.4) is 0 Å². The van der Waals surface area contributed by atoms with Crippen molar-refractivity contribution in [2.45, 2.75) is 31.4 Å². The van der Waals surface area contributed by atoms with Gasteiger partial charge in [0.05, 0.1) is 20.3 Å². The van der Waals surface area contributed by atoms with Crippen molar-refractivity contribution in [1.82, 2.24) is 4.90 Å². The summed E-state index contributed by atoms with van der Waals surface area (Å²) in [5.41, 5.74) is 1.13. The van der Waals surface area contributed by atoms with Crippen molar-refractivity contribution >= 4 is 5.91 Å². The van der Waals surface area contributed by atoms with Crippen LogP contribution in [0, 0.1) is 11.6 Å². The van der Waals surface area contributed by atoms with Crippen LogP contribution >= 0.6 is 0 Å². The number of likely N-dealkylation sites (tertiary alicyclic amines) is 1. The van der Waals surface area contributed by atoms with Gasteiger partial charge in [0.25, 0.3) is 0 Å². The summed E-state index contributed by atoms with van der Waals surface area (Å²) >= 11 is 0. The molecule has 0 N–H and O–H groups in total. The maximum absolute atomic E-state index is 14.0. The molecule has 2 aliphatic rings. The molecule has 2 aromatic carbocycles. The lowest BCUT2D eigenvalue weighted by Gasteiger charge is -2.19. The monoisotopic (exact) mass is 403 g/mol. The summed E-state index contributed by atoms with van der Waals surface area (Å²) in [5.74, 6) is -0.680. The zero-order valence-corrected chi connectivity index (χ0v) is 16.2. The highest BCUT2D eigenvalue weighted by atomic mass is 19.2. The molecule has 0 unspecified atom stereocenters. The van der Waals surface area contributed by atoms with E-state index in [0.717, 1.165) is 18.1 Å². The molecule has 5 nitrogen and oxygen atoms in total. The Labute approximate surface area is 168 Å². The van der Waals surface area contributed by atoms with Gasteiger partial charge >= 0.3 is 0 Å². The van der Waals surface area contributed by atoms with Crippen LogP contribution in [0.4, 0.5) is 8.78 Å². The van der Waals surface area contributed by atoms with Gasteiger partial charge in [0.1, 0.15) is 6.10 Å². The SMILES string of the molecule is COc1ccc([C@H]2CC(=O)N(Cc3cccc(F)c3F)C2)cc1O[C@H]1CCOC1. The molecule has 4 rings (SSSR count). The molecule has 0 spiro atoms. The summed E-state index contributed by atoms with van der Waals surface area (Å²) < 4.78 is 44.2. The van der Waals surface area contributed by atoms with Crippen LogP contribution in [0.25, 0.3) is 0 Å². The molecule has 2 fully saturated rings. The molecule has 1 amide bonds. The number of carbonyl (C=O) groups is 1. The minimum absolute atomic E-state index is 0.0168. The van der Waals surface area contributed by atoms with E-state index in [2.05, 4.69) is 0 Å². The van der Waals surface area contributed by atoms with Gasteiger partial charge < -0.3 is 19.1 Å². The largest absolute Gasteiger partial charge is 0.493 e. The first kappa shape index (κ1) is 19.6. The number of rotatable bonds is 6. The molecule has 0 aromatic heterocycles. The van der Waals surface area contributed by atoms with Gasteiger partial charge in [0.15, 0.2) is 23.1 Å². The Morgan fingerprint density at radius 2 is 2.07 bits per heavy atom. The van der Waals surface area contributed by atoms with Gasteiger partial charge in [0.2, 0.25) is 5.91 Å². The van der Waals surface area contributed by atoms with Crippen molar-refractivity contribution in [1.29, 1.82) is 0 Å². The number of carbonyl (C=O) groups excluding carboxylic acids is 1. The Hall–Kier alpha value is -2.67. The molecule has 2 saturated heterocycles. The van der Waals surface area contributed by atoms with Crippen LogP contribution in [-0.2, 0) is 16.1 Å². The zero-order chi connectivity index (χ0) is 20.4. The standard InChI is InChI=1S/C22H23F2NO4/c1-27-19-6-5-14(9-20(19)29-17-7-8-28-13-17)16-10-21(26)25(12-16)11-15-3-2-4-18(23)22(15)24/h2-6,9,16-17H,7-8,10-13H2,1H3/t16-,17-/m0/s1. The summed E-state index contributed by atoms with van der Waals surface area (Å²) in [6.07, 6.45) is 1.12. The number of nitrogens with zero attached hydrogens (tertiary/aromatic N) is 1. The van der Waals surface area contributed by atoms with E-state index in [-0.39, 0.29) is 30.0 Å². The maximum atomic E-state index is 14.0. The molecule has 2 heterocycles. The second-order valence-electron chi connectivity index (χ2n) is 7.40. The van der Waals surface area contributed by atoms with Gasteiger partial charge in [-0.05, 0) is 23.8 Å². The Morgan fingerprint density at radius 1 is 1.21 bits per heavy atom. The fourth-order valence-corrected chi connectivity index (χ4v) is 3.85. The van der Waals surface area contributed by atoms with Crippen LogP contribution in [-0.4, -0.2) is 43.8 Å². The minimum Gasteiger partial charge on any atom is -0.493 e. The molecular weight excluding hydrogens is 380 g/mol. The summed E-state index contributed by atoms with van der Waals surface area (Å²) in [4.78, 5) is 14.1. The van der Waals surface area contributed by atoms with Crippen LogP contribution in [0.5, 0.6) is 11.5 Å². The molecule has 154 valence electrons. The van der Waals surface area contributed by atoms with Crippen molar-refractivity contribution in [3.8, 4) is 11.5 Å². The van der Waals surface area contributed by atoms with Crippen LogP contribution in [0.15, 0.2) is 36.4 Å². The molecule has 2 atom stereocenters. The molecule has 0 radical (unpaired) electrons. The third-order valence-electron chi connectivity index (χ3n) is 5.45. The summed E-state index contributed by atoms with van der Waals surface area (Å²) in [6, 6.07) is 9.68. The number of hydrogen-bond donors (Lipinski definition) is 0. The summed E-state index contributed by atoms with van der Waals surface area (Å²) in [7, 11) is 1.58. The molecule has 0 saturated carbocycles. The van der Waals surface area contributed by atoms with Gasteiger partial charge in [-0.1, -0.05) is 18.2 Å². The topological polar surface area (TPSA) is 48.0 Å². The summed E-state index contributed by atoms with van der Waals surface area (Å²) in [5, 5.41) is 0. The lowest BCUT2D eigenvalue weighted by atomic mass is 9.98. The average Bonchev–Trinajstić information content (AvgIpc) is 3.35. The van der Waals surface area contributed by atoms with E-state index < -0.39 is 11.6 Å². The highest BCUT2D eigenvalue weighted by Crippen LogP contribution is 2.36. The van der Waals surface area contributed by atoms with Crippen molar-refractivity contribution in [3.63, 3.8) is 0 Å². The molecule has 2 aliphatic heterocycles. The van der Waals surface area contributed by atoms with E-state index in [4.69, 9.17) is 14.2 Å². The number of ether oxygens (including phenoxy) is 3. The Kier molecular flexibility index (Phi) is 5.67. The molecule has 0 bridgehead atoms. The predicted octanol–water partition coefficient (Wildman–Crippen LogP) is 3.66. The predicted molar refractivity (Wildman–Crippen MR) is 102 cm³/mol. The van der Waals surface area contributed by atoms with Crippen molar-refractivity contribution in [2.24, 2.45) is 0 Å². The third kappa shape index (κ3) is 4.19. The summed E-state index contributed by atoms with van der Waals surface area (Å²) in [6.45, 7) is 1.71. The molecule has 29 heavy (non-hydrogen) atoms. The van der Waals surface area contributed by atoms with E-state index in [1.807, 2.05) is 18.2 Å². The second kappa shape index (κ2) is 8.37. The fraction of sp³-hybridized carbons (Fsp3) is 0.409. The van der Waals surface area contributed by atoms with Crippen LogP contribution in [0.2, 0.25) is 0 Å². The quantitative estimate of drug-likeness (QED) is 0.739. The fourth-order valence-electron chi connectivity index (χ4n) is 3.85.